The molecule has 3 rings (SSSR count). The van der Waals surface area contributed by atoms with Gasteiger partial charge in [0.1, 0.15) is 11.6 Å². The largest absolute Gasteiger partial charge is 0.481 e. The number of aromatic amines is 1. The van der Waals surface area contributed by atoms with E-state index < -0.39 is 23.9 Å². The minimum absolute atomic E-state index is 0.211. The Balaban J connectivity index is 1.75. The van der Waals surface area contributed by atoms with Crippen LogP contribution in [0.3, 0.4) is 0 Å². The van der Waals surface area contributed by atoms with E-state index in [1.165, 1.54) is 0 Å². The van der Waals surface area contributed by atoms with Gasteiger partial charge in [-0.05, 0) is 55.3 Å². The lowest BCUT2D eigenvalue weighted by Crippen LogP contribution is -2.41. The summed E-state index contributed by atoms with van der Waals surface area (Å²) in [5.74, 6) is -2.76. The lowest BCUT2D eigenvalue weighted by atomic mass is 10.1. The van der Waals surface area contributed by atoms with Crippen molar-refractivity contribution >= 4 is 40.4 Å². The SMILES string of the molecule is CCN(Cc1ccc2c(c1)c(=O)[nH]c(N)[n+]2C)c1ccc(C(=O)NC(CCC(=O)O)C(=O)O)cc1. The molecule has 1 heterocycles. The number of benzene rings is 2. The highest BCUT2D eigenvalue weighted by molar-refractivity contribution is 5.97. The summed E-state index contributed by atoms with van der Waals surface area (Å²) in [6.45, 7) is 3.16. The molecule has 184 valence electrons. The van der Waals surface area contributed by atoms with E-state index in [0.717, 1.165) is 16.8 Å². The van der Waals surface area contributed by atoms with Crippen molar-refractivity contribution in [3.05, 3.63) is 63.9 Å². The monoisotopic (exact) mass is 482 g/mol. The molecule has 0 saturated heterocycles. The van der Waals surface area contributed by atoms with E-state index in [0.29, 0.717) is 18.5 Å². The van der Waals surface area contributed by atoms with Gasteiger partial charge in [0, 0.05) is 30.8 Å². The number of hydrogen-bond donors (Lipinski definition) is 5. The molecule has 3 aromatic rings. The minimum atomic E-state index is -1.29. The number of aromatic nitrogens is 2. The van der Waals surface area contributed by atoms with Crippen molar-refractivity contribution in [1.29, 1.82) is 0 Å². The fraction of sp³-hybridized carbons (Fsp3) is 0.292. The second kappa shape index (κ2) is 10.7. The lowest BCUT2D eigenvalue weighted by Gasteiger charge is -2.23. The number of fused-ring (bicyclic) bond motifs is 1. The molecule has 0 aliphatic rings. The highest BCUT2D eigenvalue weighted by Gasteiger charge is 2.22. The molecule has 35 heavy (non-hydrogen) atoms. The number of rotatable bonds is 10. The molecule has 0 saturated carbocycles. The first-order chi connectivity index (χ1) is 16.6. The van der Waals surface area contributed by atoms with E-state index in [-0.39, 0.29) is 29.9 Å². The first-order valence-corrected chi connectivity index (χ1v) is 11.0. The molecule has 1 atom stereocenters. The average Bonchev–Trinajstić information content (AvgIpc) is 2.83. The Morgan fingerprint density at radius 1 is 1.14 bits per heavy atom. The molecule has 1 amide bonds. The predicted molar refractivity (Wildman–Crippen MR) is 129 cm³/mol. The lowest BCUT2D eigenvalue weighted by molar-refractivity contribution is -0.632. The second-order valence-corrected chi connectivity index (χ2v) is 8.11. The summed E-state index contributed by atoms with van der Waals surface area (Å²) in [6, 6.07) is 11.0. The fourth-order valence-electron chi connectivity index (χ4n) is 3.75. The van der Waals surface area contributed by atoms with Crippen LogP contribution in [0.5, 0.6) is 0 Å². The van der Waals surface area contributed by atoms with E-state index in [2.05, 4.69) is 15.2 Å². The smallest absolute Gasteiger partial charge is 0.355 e. The summed E-state index contributed by atoms with van der Waals surface area (Å²) in [7, 11) is 1.77. The van der Waals surface area contributed by atoms with E-state index in [1.807, 2.05) is 25.1 Å². The van der Waals surface area contributed by atoms with Crippen LogP contribution in [0, 0.1) is 0 Å². The maximum Gasteiger partial charge on any atom is 0.355 e. The Morgan fingerprint density at radius 3 is 2.43 bits per heavy atom. The molecule has 0 bridgehead atoms. The van der Waals surface area contributed by atoms with Crippen LogP contribution in [0.4, 0.5) is 11.6 Å². The molecule has 1 unspecified atom stereocenters. The van der Waals surface area contributed by atoms with Gasteiger partial charge in [-0.3, -0.25) is 20.1 Å². The van der Waals surface area contributed by atoms with Gasteiger partial charge in [-0.2, -0.15) is 0 Å². The van der Waals surface area contributed by atoms with E-state index >= 15 is 0 Å². The molecule has 6 N–H and O–H groups in total. The third-order valence-corrected chi connectivity index (χ3v) is 5.77. The average molecular weight is 483 g/mol. The Bertz CT molecular complexity index is 1320. The number of nitrogens with two attached hydrogens (primary N) is 1. The first kappa shape index (κ1) is 25.2. The highest BCUT2D eigenvalue weighted by atomic mass is 16.4. The normalized spacial score (nSPS) is 11.7. The van der Waals surface area contributed by atoms with Crippen LogP contribution in [0.25, 0.3) is 10.9 Å². The van der Waals surface area contributed by atoms with Crippen molar-refractivity contribution in [2.24, 2.45) is 7.05 Å². The van der Waals surface area contributed by atoms with Crippen LogP contribution < -0.4 is 26.1 Å². The van der Waals surface area contributed by atoms with Crippen molar-refractivity contribution in [2.75, 3.05) is 17.2 Å². The van der Waals surface area contributed by atoms with Gasteiger partial charge in [0.05, 0.1) is 12.4 Å². The number of nitrogens with zero attached hydrogens (tertiary/aromatic N) is 2. The maximum absolute atomic E-state index is 12.5. The van der Waals surface area contributed by atoms with Crippen LogP contribution in [0.1, 0.15) is 35.7 Å². The number of nitrogen functional groups attached to an aromatic ring is 1. The molecular formula is C24H28N5O6+. The van der Waals surface area contributed by atoms with Gasteiger partial charge in [0.25, 0.3) is 5.91 Å². The van der Waals surface area contributed by atoms with Gasteiger partial charge < -0.3 is 20.4 Å². The van der Waals surface area contributed by atoms with Crippen molar-refractivity contribution < 1.29 is 29.2 Å². The van der Waals surface area contributed by atoms with Crippen LogP contribution in [0.2, 0.25) is 0 Å². The summed E-state index contributed by atoms with van der Waals surface area (Å²) in [6.07, 6.45) is -0.578. The highest BCUT2D eigenvalue weighted by Crippen LogP contribution is 2.20. The summed E-state index contributed by atoms with van der Waals surface area (Å²) in [4.78, 5) is 51.6. The van der Waals surface area contributed by atoms with Gasteiger partial charge in [-0.1, -0.05) is 6.07 Å². The molecule has 0 aliphatic carbocycles. The van der Waals surface area contributed by atoms with Gasteiger partial charge in [0.2, 0.25) is 0 Å². The predicted octanol–water partition coefficient (Wildman–Crippen LogP) is 1.01. The number of carbonyl (C=O) groups excluding carboxylic acids is 1. The van der Waals surface area contributed by atoms with Crippen LogP contribution in [-0.2, 0) is 23.2 Å². The minimum Gasteiger partial charge on any atom is -0.481 e. The number of H-pyrrole nitrogens is 1. The van der Waals surface area contributed by atoms with Crippen LogP contribution in [0.15, 0.2) is 47.3 Å². The maximum atomic E-state index is 12.5. The summed E-state index contributed by atoms with van der Waals surface area (Å²) >= 11 is 0. The standard InChI is InChI=1S/C24H27N5O6/c1-3-29(13-14-4-10-19-17(12-14)22(33)27-24(25)28(19)2)16-7-5-15(6-8-16)21(32)26-18(23(34)35)9-11-20(30)31/h4-8,10,12,18H,3,9,11,13H2,1-2H3,(H5,25,26,27,30,31,32,33,34,35)/p+1. The number of aryl methyl sites for hydroxylation is 1. The van der Waals surface area contributed by atoms with Gasteiger partial charge in [-0.15, -0.1) is 0 Å². The van der Waals surface area contributed by atoms with Crippen molar-refractivity contribution in [2.45, 2.75) is 32.4 Å². The first-order valence-electron chi connectivity index (χ1n) is 11.0. The van der Waals surface area contributed by atoms with E-state index in [4.69, 9.17) is 10.8 Å². The summed E-state index contributed by atoms with van der Waals surface area (Å²) < 4.78 is 1.71. The molecular weight excluding hydrogens is 454 g/mol. The molecule has 11 nitrogen and oxygen atoms in total. The number of carboxylic acids is 2. The Labute approximate surface area is 200 Å². The van der Waals surface area contributed by atoms with Gasteiger partial charge in [0.15, 0.2) is 0 Å². The molecule has 0 aliphatic heterocycles. The topological polar surface area (TPSA) is 170 Å². The number of hydrogen-bond acceptors (Lipinski definition) is 6. The van der Waals surface area contributed by atoms with E-state index in [1.54, 1.807) is 35.9 Å². The van der Waals surface area contributed by atoms with Gasteiger partial charge in [-0.25, -0.2) is 14.3 Å². The molecule has 0 radical (unpaired) electrons. The third-order valence-electron chi connectivity index (χ3n) is 5.77. The number of carbonyl (C=O) groups is 3. The Hall–Kier alpha value is -4.41. The molecule has 0 fully saturated rings. The van der Waals surface area contributed by atoms with Crippen molar-refractivity contribution in [3.63, 3.8) is 0 Å². The zero-order chi connectivity index (χ0) is 25.7. The Morgan fingerprint density at radius 2 is 1.83 bits per heavy atom. The van der Waals surface area contributed by atoms with Gasteiger partial charge >= 0.3 is 23.4 Å². The molecule has 1 aromatic heterocycles. The number of carboxylic acid groups (broad SMARTS) is 2. The second-order valence-electron chi connectivity index (χ2n) is 8.11. The third kappa shape index (κ3) is 5.94. The zero-order valence-corrected chi connectivity index (χ0v) is 19.4. The molecule has 2 aromatic carbocycles. The van der Waals surface area contributed by atoms with Crippen molar-refractivity contribution in [3.8, 4) is 0 Å². The number of anilines is 2. The fourth-order valence-corrected chi connectivity index (χ4v) is 3.75. The summed E-state index contributed by atoms with van der Waals surface area (Å²) in [5.41, 5.74) is 8.29. The summed E-state index contributed by atoms with van der Waals surface area (Å²) in [5, 5.41) is 20.9. The van der Waals surface area contributed by atoms with Crippen LogP contribution in [-0.4, -0.2) is 45.6 Å². The molecule has 11 heteroatoms. The number of nitrogens with one attached hydrogen (secondary N) is 2. The van der Waals surface area contributed by atoms with E-state index in [9.17, 15) is 24.3 Å². The number of amides is 1. The zero-order valence-electron chi connectivity index (χ0n) is 19.4. The van der Waals surface area contributed by atoms with Crippen molar-refractivity contribution in [1.82, 2.24) is 10.3 Å². The quantitative estimate of drug-likeness (QED) is 0.267. The van der Waals surface area contributed by atoms with Crippen LogP contribution >= 0.6 is 0 Å². The molecule has 0 spiro atoms. The number of aliphatic carboxylic acids is 2. The Kier molecular flexibility index (Phi) is 7.69.